The van der Waals surface area contributed by atoms with Crippen LogP contribution < -0.4 is 20.9 Å². The van der Waals surface area contributed by atoms with Gasteiger partial charge in [-0.15, -0.1) is 5.10 Å². The lowest BCUT2D eigenvalue weighted by atomic mass is 9.95. The third-order valence-electron chi connectivity index (χ3n) is 7.34. The summed E-state index contributed by atoms with van der Waals surface area (Å²) in [5.41, 5.74) is 2.05. The van der Waals surface area contributed by atoms with Crippen LogP contribution in [0.2, 0.25) is 5.02 Å². The number of rotatable bonds is 5. The SMILES string of the molecule is CN1C(=O)CNC12CCN(c1cc(C#N)cc(Nc3nc(NC4CC4)c4ncc(C#N)n4n3)c1Cl)CC2. The molecular weight excluding hydrogens is 494 g/mol. The van der Waals surface area contributed by atoms with Gasteiger partial charge in [-0.05, 0) is 25.0 Å². The van der Waals surface area contributed by atoms with Crippen molar-refractivity contribution in [2.75, 3.05) is 42.2 Å². The Morgan fingerprint density at radius 2 is 2.00 bits per heavy atom. The molecule has 188 valence electrons. The van der Waals surface area contributed by atoms with Crippen LogP contribution in [-0.2, 0) is 4.79 Å². The molecule has 0 unspecified atom stereocenters. The van der Waals surface area contributed by atoms with E-state index < -0.39 is 0 Å². The van der Waals surface area contributed by atoms with Crippen molar-refractivity contribution in [2.45, 2.75) is 37.4 Å². The fraction of sp³-hybridized carbons (Fsp3) is 0.417. The van der Waals surface area contributed by atoms with Crippen LogP contribution in [0.1, 0.15) is 36.9 Å². The lowest BCUT2D eigenvalue weighted by Crippen LogP contribution is -2.57. The number of nitriles is 2. The molecule has 13 heteroatoms. The third kappa shape index (κ3) is 4.04. The highest BCUT2D eigenvalue weighted by molar-refractivity contribution is 6.36. The van der Waals surface area contributed by atoms with Gasteiger partial charge < -0.3 is 20.4 Å². The number of hydrogen-bond acceptors (Lipinski definition) is 10. The third-order valence-corrected chi connectivity index (χ3v) is 7.74. The first-order valence-electron chi connectivity index (χ1n) is 12.1. The highest BCUT2D eigenvalue weighted by atomic mass is 35.5. The van der Waals surface area contributed by atoms with E-state index >= 15 is 0 Å². The molecule has 1 saturated carbocycles. The number of nitrogens with one attached hydrogen (secondary N) is 3. The van der Waals surface area contributed by atoms with Gasteiger partial charge in [0.2, 0.25) is 11.9 Å². The Morgan fingerprint density at radius 3 is 2.65 bits per heavy atom. The fourth-order valence-corrected chi connectivity index (χ4v) is 5.27. The van der Waals surface area contributed by atoms with Gasteiger partial charge in [0.25, 0.3) is 0 Å². The molecule has 0 atom stereocenters. The predicted molar refractivity (Wildman–Crippen MR) is 137 cm³/mol. The van der Waals surface area contributed by atoms with E-state index in [2.05, 4.69) is 48.1 Å². The zero-order valence-corrected chi connectivity index (χ0v) is 20.9. The van der Waals surface area contributed by atoms with Gasteiger partial charge in [0, 0.05) is 39.0 Å². The van der Waals surface area contributed by atoms with Crippen molar-refractivity contribution in [1.29, 1.82) is 10.5 Å². The van der Waals surface area contributed by atoms with E-state index in [1.807, 2.05) is 7.05 Å². The van der Waals surface area contributed by atoms with Gasteiger partial charge in [0.15, 0.2) is 17.2 Å². The second-order valence-electron chi connectivity index (χ2n) is 9.61. The number of carbonyl (C=O) groups is 1. The Hall–Kier alpha value is -4.13. The summed E-state index contributed by atoms with van der Waals surface area (Å²) in [6.07, 6.45) is 5.01. The number of aromatic nitrogens is 4. The van der Waals surface area contributed by atoms with Crippen molar-refractivity contribution in [2.24, 2.45) is 0 Å². The van der Waals surface area contributed by atoms with Crippen molar-refractivity contribution >= 4 is 46.3 Å². The second kappa shape index (κ2) is 8.76. The molecule has 1 amide bonds. The monoisotopic (exact) mass is 517 g/mol. The minimum absolute atomic E-state index is 0.0920. The van der Waals surface area contributed by atoms with Crippen molar-refractivity contribution in [3.8, 4) is 12.1 Å². The molecule has 2 aromatic heterocycles. The summed E-state index contributed by atoms with van der Waals surface area (Å²) < 4.78 is 1.44. The van der Waals surface area contributed by atoms with Crippen molar-refractivity contribution in [1.82, 2.24) is 29.8 Å². The van der Waals surface area contributed by atoms with Crippen LogP contribution in [0.4, 0.5) is 23.1 Å². The summed E-state index contributed by atoms with van der Waals surface area (Å²) in [5, 5.41) is 34.0. The minimum Gasteiger partial charge on any atom is -0.370 e. The van der Waals surface area contributed by atoms with Crippen molar-refractivity contribution in [3.05, 3.63) is 34.6 Å². The Balaban J connectivity index is 1.32. The first-order valence-corrected chi connectivity index (χ1v) is 12.5. The Bertz CT molecular complexity index is 1490. The van der Waals surface area contributed by atoms with Crippen LogP contribution in [0, 0.1) is 22.7 Å². The molecule has 3 fully saturated rings. The molecule has 3 N–H and O–H groups in total. The zero-order chi connectivity index (χ0) is 25.7. The Morgan fingerprint density at radius 1 is 1.22 bits per heavy atom. The zero-order valence-electron chi connectivity index (χ0n) is 20.1. The fourth-order valence-electron chi connectivity index (χ4n) is 4.99. The quantitative estimate of drug-likeness (QED) is 0.459. The number of piperidine rings is 1. The van der Waals surface area contributed by atoms with Crippen LogP contribution in [0.25, 0.3) is 5.65 Å². The van der Waals surface area contributed by atoms with E-state index in [0.717, 1.165) is 31.4 Å². The van der Waals surface area contributed by atoms with E-state index in [0.29, 0.717) is 53.4 Å². The average molecular weight is 518 g/mol. The van der Waals surface area contributed by atoms with Gasteiger partial charge in [-0.2, -0.15) is 20.0 Å². The van der Waals surface area contributed by atoms with E-state index in [1.54, 1.807) is 17.0 Å². The predicted octanol–water partition coefficient (Wildman–Crippen LogP) is 2.20. The molecule has 2 saturated heterocycles. The maximum Gasteiger partial charge on any atom is 0.247 e. The molecule has 2 aliphatic heterocycles. The van der Waals surface area contributed by atoms with E-state index in [1.165, 1.54) is 10.7 Å². The van der Waals surface area contributed by atoms with Crippen LogP contribution >= 0.6 is 11.6 Å². The molecular formula is C24H24ClN11O. The number of anilines is 4. The first-order chi connectivity index (χ1) is 17.9. The normalized spacial score (nSPS) is 18.8. The first kappa shape index (κ1) is 23.3. The maximum absolute atomic E-state index is 12.1. The largest absolute Gasteiger partial charge is 0.370 e. The van der Waals surface area contributed by atoms with E-state index in [9.17, 15) is 15.3 Å². The number of nitrogens with zero attached hydrogens (tertiary/aromatic N) is 8. The molecule has 3 aliphatic rings. The highest BCUT2D eigenvalue weighted by Crippen LogP contribution is 2.39. The summed E-state index contributed by atoms with van der Waals surface area (Å²) in [4.78, 5) is 24.9. The van der Waals surface area contributed by atoms with Gasteiger partial charge in [0.05, 0.1) is 46.4 Å². The van der Waals surface area contributed by atoms with E-state index in [-0.39, 0.29) is 23.2 Å². The molecule has 3 aromatic rings. The number of likely N-dealkylation sites (N-methyl/N-ethyl adjacent to an activating group) is 1. The van der Waals surface area contributed by atoms with Crippen molar-refractivity contribution in [3.63, 3.8) is 0 Å². The van der Waals surface area contributed by atoms with Gasteiger partial charge in [-0.3, -0.25) is 10.1 Å². The molecule has 1 spiro atoms. The van der Waals surface area contributed by atoms with Crippen LogP contribution in [0.5, 0.6) is 0 Å². The number of imidazole rings is 1. The maximum atomic E-state index is 12.1. The topological polar surface area (TPSA) is 150 Å². The molecule has 6 rings (SSSR count). The smallest absolute Gasteiger partial charge is 0.247 e. The van der Waals surface area contributed by atoms with Crippen LogP contribution in [-0.4, -0.2) is 68.8 Å². The highest BCUT2D eigenvalue weighted by Gasteiger charge is 2.45. The number of fused-ring (bicyclic) bond motifs is 1. The molecule has 0 radical (unpaired) electrons. The number of halogens is 1. The van der Waals surface area contributed by atoms with Gasteiger partial charge in [-0.25, -0.2) is 4.98 Å². The van der Waals surface area contributed by atoms with E-state index in [4.69, 9.17) is 11.6 Å². The molecule has 0 bridgehead atoms. The second-order valence-corrected chi connectivity index (χ2v) is 9.99. The summed E-state index contributed by atoms with van der Waals surface area (Å²) >= 11 is 6.88. The summed E-state index contributed by atoms with van der Waals surface area (Å²) in [6.45, 7) is 1.68. The number of hydrogen-bond donors (Lipinski definition) is 3. The molecule has 37 heavy (non-hydrogen) atoms. The molecule has 1 aromatic carbocycles. The molecule has 12 nitrogen and oxygen atoms in total. The van der Waals surface area contributed by atoms with Crippen LogP contribution in [0.3, 0.4) is 0 Å². The Kier molecular flexibility index (Phi) is 5.51. The van der Waals surface area contributed by atoms with Crippen LogP contribution in [0.15, 0.2) is 18.3 Å². The Labute approximate surface area is 217 Å². The average Bonchev–Trinajstić information content (AvgIpc) is 3.57. The summed E-state index contributed by atoms with van der Waals surface area (Å²) in [5.74, 6) is 0.841. The summed E-state index contributed by atoms with van der Waals surface area (Å²) in [6, 6.07) is 8.05. The summed E-state index contributed by atoms with van der Waals surface area (Å²) in [7, 11) is 1.84. The lowest BCUT2D eigenvalue weighted by Gasteiger charge is -2.44. The standard InChI is InChI=1S/C24H24ClN11O/c1-34-19(37)13-29-24(34)4-6-35(7-5-24)18-9-14(10-26)8-17(20(18)25)31-23-32-21(30-15-2-3-15)22-28-12-16(11-27)36(22)33-23/h8-9,12,15,29H,2-7,13H2,1H3,(H2,30,31,32,33). The molecule has 1 aliphatic carbocycles. The number of benzene rings is 1. The number of carbonyl (C=O) groups excluding carboxylic acids is 1. The number of amides is 1. The van der Waals surface area contributed by atoms with Crippen molar-refractivity contribution < 1.29 is 4.79 Å². The van der Waals surface area contributed by atoms with Gasteiger partial charge in [0.1, 0.15) is 6.07 Å². The lowest BCUT2D eigenvalue weighted by molar-refractivity contribution is -0.129. The van der Waals surface area contributed by atoms with Gasteiger partial charge >= 0.3 is 0 Å². The minimum atomic E-state index is -0.342. The van der Waals surface area contributed by atoms with Gasteiger partial charge in [-0.1, -0.05) is 11.6 Å². The molecule has 4 heterocycles.